The first-order chi connectivity index (χ1) is 16.7. The zero-order valence-electron chi connectivity index (χ0n) is 19.6. The number of carbonyl (C=O) groups is 2. The molecule has 0 aliphatic carbocycles. The number of carbonyl (C=O) groups excluding carboxylic acids is 2. The Morgan fingerprint density at radius 3 is 2.06 bits per heavy atom. The number of sulfonamides is 1. The van der Waals surface area contributed by atoms with Crippen LogP contribution in [0.15, 0.2) is 89.8 Å². The largest absolute Gasteiger partial charge is 0.357 e. The van der Waals surface area contributed by atoms with Crippen LogP contribution in [0, 0.1) is 5.82 Å². The van der Waals surface area contributed by atoms with Crippen LogP contribution in [0.2, 0.25) is 0 Å². The normalized spacial score (nSPS) is 12.0. The van der Waals surface area contributed by atoms with Crippen LogP contribution in [0.5, 0.6) is 0 Å². The fourth-order valence-corrected chi connectivity index (χ4v) is 5.05. The summed E-state index contributed by atoms with van der Waals surface area (Å²) < 4.78 is 41.4. The van der Waals surface area contributed by atoms with Crippen LogP contribution in [0.25, 0.3) is 0 Å². The van der Waals surface area contributed by atoms with E-state index in [1.165, 1.54) is 11.9 Å². The van der Waals surface area contributed by atoms with Gasteiger partial charge in [-0.1, -0.05) is 48.5 Å². The number of hydrogen-bond donors (Lipinski definition) is 1. The maximum Gasteiger partial charge on any atom is 0.264 e. The fraction of sp³-hybridized carbons (Fsp3) is 0.231. The first-order valence-corrected chi connectivity index (χ1v) is 12.6. The molecule has 3 aromatic carbocycles. The third-order valence-electron chi connectivity index (χ3n) is 5.62. The zero-order valence-corrected chi connectivity index (χ0v) is 20.4. The second-order valence-corrected chi connectivity index (χ2v) is 9.78. The standard InChI is InChI=1S/C26H28FN3O4S/c1-20(26(32)28-2)29(18-17-21-9-5-3-6-10-21)25(31)19-30(23-11-7-4-8-12-23)35(33,34)24-15-13-22(27)14-16-24/h3-16,20H,17-19H2,1-2H3,(H,28,32)/t20-/m0/s1. The molecule has 3 aromatic rings. The molecule has 35 heavy (non-hydrogen) atoms. The van der Waals surface area contributed by atoms with Gasteiger partial charge in [-0.25, -0.2) is 12.8 Å². The highest BCUT2D eigenvalue weighted by molar-refractivity contribution is 7.92. The van der Waals surface area contributed by atoms with Crippen LogP contribution >= 0.6 is 0 Å². The number of para-hydroxylation sites is 1. The Bertz CT molecular complexity index is 1240. The maximum atomic E-state index is 13.5. The molecule has 0 bridgehead atoms. The van der Waals surface area contributed by atoms with Crippen molar-refractivity contribution in [1.29, 1.82) is 0 Å². The van der Waals surface area contributed by atoms with Crippen LogP contribution in [-0.4, -0.2) is 51.3 Å². The van der Waals surface area contributed by atoms with Gasteiger partial charge in [0.25, 0.3) is 10.0 Å². The second-order valence-electron chi connectivity index (χ2n) is 7.91. The lowest BCUT2D eigenvalue weighted by Gasteiger charge is -2.31. The zero-order chi connectivity index (χ0) is 25.4. The van der Waals surface area contributed by atoms with Crippen LogP contribution < -0.4 is 9.62 Å². The number of nitrogens with zero attached hydrogens (tertiary/aromatic N) is 2. The number of anilines is 1. The Hall–Kier alpha value is -3.72. The molecular formula is C26H28FN3O4S. The highest BCUT2D eigenvalue weighted by Gasteiger charge is 2.32. The minimum atomic E-state index is -4.20. The molecule has 3 rings (SSSR count). The van der Waals surface area contributed by atoms with Gasteiger partial charge in [-0.3, -0.25) is 13.9 Å². The third-order valence-corrected chi connectivity index (χ3v) is 7.41. The van der Waals surface area contributed by atoms with Crippen LogP contribution in [0.1, 0.15) is 12.5 Å². The average Bonchev–Trinajstić information content (AvgIpc) is 2.88. The van der Waals surface area contributed by atoms with E-state index in [1.807, 2.05) is 30.3 Å². The van der Waals surface area contributed by atoms with Gasteiger partial charge < -0.3 is 10.2 Å². The van der Waals surface area contributed by atoms with Gasteiger partial charge >= 0.3 is 0 Å². The number of likely N-dealkylation sites (N-methyl/N-ethyl adjacent to an activating group) is 1. The minimum absolute atomic E-state index is 0.147. The molecule has 1 atom stereocenters. The Labute approximate surface area is 205 Å². The number of nitrogens with one attached hydrogen (secondary N) is 1. The van der Waals surface area contributed by atoms with E-state index in [0.29, 0.717) is 6.42 Å². The molecule has 0 fully saturated rings. The lowest BCUT2D eigenvalue weighted by atomic mass is 10.1. The summed E-state index contributed by atoms with van der Waals surface area (Å²) in [5.41, 5.74) is 1.26. The maximum absolute atomic E-state index is 13.5. The van der Waals surface area contributed by atoms with Gasteiger partial charge in [0.05, 0.1) is 10.6 Å². The van der Waals surface area contributed by atoms with Gasteiger partial charge in [0.2, 0.25) is 11.8 Å². The summed E-state index contributed by atoms with van der Waals surface area (Å²) in [6, 6.07) is 21.3. The van der Waals surface area contributed by atoms with Gasteiger partial charge in [-0.2, -0.15) is 0 Å². The van der Waals surface area contributed by atoms with Gasteiger partial charge in [0, 0.05) is 13.6 Å². The average molecular weight is 498 g/mol. The number of halogens is 1. The predicted molar refractivity (Wildman–Crippen MR) is 133 cm³/mol. The lowest BCUT2D eigenvalue weighted by molar-refractivity contribution is -0.138. The molecule has 0 saturated heterocycles. The summed E-state index contributed by atoms with van der Waals surface area (Å²) in [7, 11) is -2.72. The van der Waals surface area contributed by atoms with Crippen molar-refractivity contribution in [3.63, 3.8) is 0 Å². The van der Waals surface area contributed by atoms with Crippen LogP contribution in [-0.2, 0) is 26.0 Å². The summed E-state index contributed by atoms with van der Waals surface area (Å²) >= 11 is 0. The molecule has 0 aliphatic rings. The molecule has 0 aliphatic heterocycles. The molecule has 0 saturated carbocycles. The highest BCUT2D eigenvalue weighted by atomic mass is 32.2. The Morgan fingerprint density at radius 2 is 1.49 bits per heavy atom. The van der Waals surface area contributed by atoms with Gasteiger partial charge in [-0.05, 0) is 55.3 Å². The Balaban J connectivity index is 1.94. The Morgan fingerprint density at radius 1 is 0.914 bits per heavy atom. The second kappa shape index (κ2) is 11.6. The number of hydrogen-bond acceptors (Lipinski definition) is 4. The van der Waals surface area contributed by atoms with Crippen molar-refractivity contribution in [2.45, 2.75) is 24.3 Å². The van der Waals surface area contributed by atoms with Crippen molar-refractivity contribution in [1.82, 2.24) is 10.2 Å². The summed E-state index contributed by atoms with van der Waals surface area (Å²) in [5, 5.41) is 2.54. The summed E-state index contributed by atoms with van der Waals surface area (Å²) in [6.07, 6.45) is 0.490. The van der Waals surface area contributed by atoms with E-state index in [2.05, 4.69) is 5.32 Å². The van der Waals surface area contributed by atoms with Crippen molar-refractivity contribution in [3.8, 4) is 0 Å². The van der Waals surface area contributed by atoms with E-state index in [-0.39, 0.29) is 23.0 Å². The predicted octanol–water partition coefficient (Wildman–Crippen LogP) is 3.23. The number of amides is 2. The molecule has 0 aromatic heterocycles. The summed E-state index contributed by atoms with van der Waals surface area (Å²) in [6.45, 7) is 1.29. The Kier molecular flexibility index (Phi) is 8.59. The van der Waals surface area contributed by atoms with E-state index >= 15 is 0 Å². The smallest absolute Gasteiger partial charge is 0.264 e. The van der Waals surface area contributed by atoms with Crippen LogP contribution in [0.3, 0.4) is 0 Å². The first kappa shape index (κ1) is 25.9. The summed E-state index contributed by atoms with van der Waals surface area (Å²) in [5.74, 6) is -1.47. The van der Waals surface area contributed by atoms with E-state index in [0.717, 1.165) is 34.1 Å². The van der Waals surface area contributed by atoms with Crippen molar-refractivity contribution >= 4 is 27.5 Å². The fourth-order valence-electron chi connectivity index (χ4n) is 3.64. The van der Waals surface area contributed by atoms with E-state index in [9.17, 15) is 22.4 Å². The lowest BCUT2D eigenvalue weighted by Crippen LogP contribution is -2.51. The van der Waals surface area contributed by atoms with Gasteiger partial charge in [0.15, 0.2) is 0 Å². The molecule has 0 radical (unpaired) electrons. The van der Waals surface area contributed by atoms with E-state index < -0.39 is 34.3 Å². The van der Waals surface area contributed by atoms with Crippen LogP contribution in [0.4, 0.5) is 10.1 Å². The number of rotatable bonds is 10. The molecule has 7 nitrogen and oxygen atoms in total. The molecule has 1 N–H and O–H groups in total. The van der Waals surface area contributed by atoms with Crippen molar-refractivity contribution < 1.29 is 22.4 Å². The molecule has 2 amide bonds. The quantitative estimate of drug-likeness (QED) is 0.466. The molecule has 0 heterocycles. The summed E-state index contributed by atoms with van der Waals surface area (Å²) in [4.78, 5) is 27.2. The van der Waals surface area contributed by atoms with Crippen molar-refractivity contribution in [2.24, 2.45) is 0 Å². The third kappa shape index (κ3) is 6.45. The van der Waals surface area contributed by atoms with Crippen molar-refractivity contribution in [3.05, 3.63) is 96.3 Å². The molecule has 0 spiro atoms. The van der Waals surface area contributed by atoms with Gasteiger partial charge in [-0.15, -0.1) is 0 Å². The minimum Gasteiger partial charge on any atom is -0.357 e. The van der Waals surface area contributed by atoms with E-state index in [4.69, 9.17) is 0 Å². The van der Waals surface area contributed by atoms with Crippen molar-refractivity contribution in [2.75, 3.05) is 24.4 Å². The molecular weight excluding hydrogens is 469 g/mol. The molecule has 0 unspecified atom stereocenters. The highest BCUT2D eigenvalue weighted by Crippen LogP contribution is 2.24. The number of benzene rings is 3. The van der Waals surface area contributed by atoms with Gasteiger partial charge in [0.1, 0.15) is 18.4 Å². The first-order valence-electron chi connectivity index (χ1n) is 11.1. The molecule has 184 valence electrons. The monoisotopic (exact) mass is 497 g/mol. The SMILES string of the molecule is CNC(=O)[C@H](C)N(CCc1ccccc1)C(=O)CN(c1ccccc1)S(=O)(=O)c1ccc(F)cc1. The topological polar surface area (TPSA) is 86.8 Å². The van der Waals surface area contributed by atoms with E-state index in [1.54, 1.807) is 37.3 Å². The molecule has 9 heteroatoms.